The molecule has 0 aliphatic carbocycles. The summed E-state index contributed by atoms with van der Waals surface area (Å²) in [6, 6.07) is 15.7. The lowest BCUT2D eigenvalue weighted by Crippen LogP contribution is -2.23. The maximum Gasteiger partial charge on any atom is 0.247 e. The van der Waals surface area contributed by atoms with Crippen LogP contribution in [0.2, 0.25) is 0 Å². The molecule has 1 N–H and O–H groups in total. The van der Waals surface area contributed by atoms with Gasteiger partial charge >= 0.3 is 0 Å². The van der Waals surface area contributed by atoms with Crippen molar-refractivity contribution in [3.05, 3.63) is 60.0 Å². The van der Waals surface area contributed by atoms with Gasteiger partial charge in [-0.1, -0.05) is 17.7 Å². The lowest BCUT2D eigenvalue weighted by atomic mass is 10.1. The van der Waals surface area contributed by atoms with Crippen LogP contribution in [0.1, 0.15) is 37.3 Å². The molecule has 1 amide bonds. The highest BCUT2D eigenvalue weighted by atomic mass is 16.4. The minimum atomic E-state index is -0.129. The van der Waals surface area contributed by atoms with Gasteiger partial charge < -0.3 is 14.6 Å². The number of aromatic nitrogens is 2. The molecule has 2 aromatic carbocycles. The SMILES string of the molecule is Cc1ccc(-c2nnc([C@@H](C)Nc3ccc(N4CCCC4=O)cc3)o2)cc1. The summed E-state index contributed by atoms with van der Waals surface area (Å²) in [6.07, 6.45) is 1.56. The van der Waals surface area contributed by atoms with Crippen LogP contribution in [0.3, 0.4) is 0 Å². The second-order valence-corrected chi connectivity index (χ2v) is 6.87. The van der Waals surface area contributed by atoms with Crippen molar-refractivity contribution in [1.29, 1.82) is 0 Å². The minimum absolute atomic E-state index is 0.129. The number of amides is 1. The Morgan fingerprint density at radius 2 is 1.81 bits per heavy atom. The normalized spacial score (nSPS) is 15.2. The van der Waals surface area contributed by atoms with Crippen LogP contribution in [0.5, 0.6) is 0 Å². The number of benzene rings is 2. The summed E-state index contributed by atoms with van der Waals surface area (Å²) < 4.78 is 5.83. The van der Waals surface area contributed by atoms with Crippen LogP contribution < -0.4 is 10.2 Å². The zero-order valence-corrected chi connectivity index (χ0v) is 15.5. The Kier molecular flexibility index (Phi) is 4.62. The number of rotatable bonds is 5. The summed E-state index contributed by atoms with van der Waals surface area (Å²) in [5, 5.41) is 11.7. The molecule has 0 radical (unpaired) electrons. The average Bonchev–Trinajstić information content (AvgIpc) is 3.32. The molecule has 1 atom stereocenters. The third-order valence-corrected chi connectivity index (χ3v) is 4.75. The summed E-state index contributed by atoms with van der Waals surface area (Å²) in [7, 11) is 0. The number of aryl methyl sites for hydroxylation is 1. The Hall–Kier alpha value is -3.15. The van der Waals surface area contributed by atoms with Gasteiger partial charge in [-0.2, -0.15) is 0 Å². The van der Waals surface area contributed by atoms with Crippen molar-refractivity contribution >= 4 is 17.3 Å². The van der Waals surface area contributed by atoms with E-state index in [1.807, 2.05) is 67.3 Å². The predicted molar refractivity (Wildman–Crippen MR) is 105 cm³/mol. The molecule has 138 valence electrons. The molecule has 6 heteroatoms. The van der Waals surface area contributed by atoms with E-state index < -0.39 is 0 Å². The van der Waals surface area contributed by atoms with E-state index in [-0.39, 0.29) is 11.9 Å². The maximum absolute atomic E-state index is 11.8. The van der Waals surface area contributed by atoms with Crippen molar-refractivity contribution in [3.63, 3.8) is 0 Å². The summed E-state index contributed by atoms with van der Waals surface area (Å²) in [5.74, 6) is 1.24. The highest BCUT2D eigenvalue weighted by molar-refractivity contribution is 5.95. The fourth-order valence-electron chi connectivity index (χ4n) is 3.19. The number of hydrogen-bond donors (Lipinski definition) is 1. The molecular formula is C21H22N4O2. The highest BCUT2D eigenvalue weighted by Crippen LogP contribution is 2.26. The van der Waals surface area contributed by atoms with E-state index in [1.54, 1.807) is 0 Å². The molecule has 1 aliphatic heterocycles. The van der Waals surface area contributed by atoms with Gasteiger partial charge in [0.25, 0.3) is 0 Å². The fraction of sp³-hybridized carbons (Fsp3) is 0.286. The predicted octanol–water partition coefficient (Wildman–Crippen LogP) is 4.34. The first-order chi connectivity index (χ1) is 13.1. The van der Waals surface area contributed by atoms with Crippen LogP contribution in [0.4, 0.5) is 11.4 Å². The average molecular weight is 362 g/mol. The van der Waals surface area contributed by atoms with Crippen molar-refractivity contribution in [2.24, 2.45) is 0 Å². The molecule has 0 spiro atoms. The van der Waals surface area contributed by atoms with E-state index in [9.17, 15) is 4.79 Å². The van der Waals surface area contributed by atoms with Gasteiger partial charge in [0, 0.05) is 29.9 Å². The first kappa shape index (κ1) is 17.3. The lowest BCUT2D eigenvalue weighted by molar-refractivity contribution is -0.117. The molecule has 6 nitrogen and oxygen atoms in total. The Bertz CT molecular complexity index is 932. The molecule has 1 saturated heterocycles. The molecule has 27 heavy (non-hydrogen) atoms. The standard InChI is InChI=1S/C21H22N4O2/c1-14-5-7-16(8-6-14)21-24-23-20(27-21)15(2)22-17-9-11-18(12-10-17)25-13-3-4-19(25)26/h5-12,15,22H,3-4,13H2,1-2H3/t15-/m1/s1. The lowest BCUT2D eigenvalue weighted by Gasteiger charge is -2.17. The van der Waals surface area contributed by atoms with E-state index >= 15 is 0 Å². The second kappa shape index (κ2) is 7.23. The third-order valence-electron chi connectivity index (χ3n) is 4.75. The van der Waals surface area contributed by atoms with Crippen LogP contribution in [-0.2, 0) is 4.79 Å². The maximum atomic E-state index is 11.8. The Morgan fingerprint density at radius 1 is 1.07 bits per heavy atom. The largest absolute Gasteiger partial charge is 0.418 e. The molecule has 4 rings (SSSR count). The monoisotopic (exact) mass is 362 g/mol. The molecule has 0 unspecified atom stereocenters. The van der Waals surface area contributed by atoms with Crippen molar-refractivity contribution in [1.82, 2.24) is 10.2 Å². The van der Waals surface area contributed by atoms with Gasteiger partial charge in [-0.3, -0.25) is 4.79 Å². The van der Waals surface area contributed by atoms with Crippen molar-refractivity contribution in [3.8, 4) is 11.5 Å². The van der Waals surface area contributed by atoms with Gasteiger partial charge in [0.15, 0.2) is 0 Å². The Balaban J connectivity index is 1.44. The van der Waals surface area contributed by atoms with Crippen molar-refractivity contribution in [2.45, 2.75) is 32.7 Å². The van der Waals surface area contributed by atoms with Crippen LogP contribution >= 0.6 is 0 Å². The molecular weight excluding hydrogens is 340 g/mol. The van der Waals surface area contributed by atoms with Crippen molar-refractivity contribution in [2.75, 3.05) is 16.8 Å². The van der Waals surface area contributed by atoms with E-state index in [2.05, 4.69) is 15.5 Å². The van der Waals surface area contributed by atoms with E-state index in [0.717, 1.165) is 29.9 Å². The minimum Gasteiger partial charge on any atom is -0.418 e. The number of carbonyl (C=O) groups is 1. The third kappa shape index (κ3) is 3.69. The van der Waals surface area contributed by atoms with Crippen LogP contribution in [-0.4, -0.2) is 22.6 Å². The Labute approximate surface area is 158 Å². The summed E-state index contributed by atoms with van der Waals surface area (Å²) in [4.78, 5) is 13.7. The molecule has 1 aromatic heterocycles. The number of carbonyl (C=O) groups excluding carboxylic acids is 1. The number of nitrogens with one attached hydrogen (secondary N) is 1. The molecule has 3 aromatic rings. The van der Waals surface area contributed by atoms with E-state index in [4.69, 9.17) is 4.42 Å². The first-order valence-corrected chi connectivity index (χ1v) is 9.17. The smallest absolute Gasteiger partial charge is 0.247 e. The highest BCUT2D eigenvalue weighted by Gasteiger charge is 2.21. The van der Waals surface area contributed by atoms with E-state index in [1.165, 1.54) is 5.56 Å². The topological polar surface area (TPSA) is 71.3 Å². The summed E-state index contributed by atoms with van der Waals surface area (Å²) in [6.45, 7) is 4.82. The number of anilines is 2. The van der Waals surface area contributed by atoms with Crippen molar-refractivity contribution < 1.29 is 9.21 Å². The Morgan fingerprint density at radius 3 is 2.48 bits per heavy atom. The van der Waals surface area contributed by atoms with Gasteiger partial charge in [-0.25, -0.2) is 0 Å². The van der Waals surface area contributed by atoms with Gasteiger partial charge in [0.05, 0.1) is 0 Å². The molecule has 2 heterocycles. The van der Waals surface area contributed by atoms with Crippen LogP contribution in [0.25, 0.3) is 11.5 Å². The van der Waals surface area contributed by atoms with Crippen LogP contribution in [0, 0.1) is 6.92 Å². The second-order valence-electron chi connectivity index (χ2n) is 6.87. The summed E-state index contributed by atoms with van der Waals surface area (Å²) in [5.41, 5.74) is 3.97. The fourth-order valence-corrected chi connectivity index (χ4v) is 3.19. The van der Waals surface area contributed by atoms with Crippen LogP contribution in [0.15, 0.2) is 52.9 Å². The molecule has 1 aliphatic rings. The number of hydrogen-bond acceptors (Lipinski definition) is 5. The molecule has 1 fully saturated rings. The van der Waals surface area contributed by atoms with Gasteiger partial charge in [0.1, 0.15) is 6.04 Å². The van der Waals surface area contributed by atoms with E-state index in [0.29, 0.717) is 18.2 Å². The first-order valence-electron chi connectivity index (χ1n) is 9.17. The quantitative estimate of drug-likeness (QED) is 0.731. The molecule has 0 saturated carbocycles. The molecule has 0 bridgehead atoms. The van der Waals surface area contributed by atoms with Gasteiger partial charge in [-0.15, -0.1) is 10.2 Å². The van der Waals surface area contributed by atoms with Gasteiger partial charge in [0.2, 0.25) is 17.7 Å². The zero-order valence-electron chi connectivity index (χ0n) is 15.5. The number of nitrogens with zero attached hydrogens (tertiary/aromatic N) is 3. The summed E-state index contributed by atoms with van der Waals surface area (Å²) >= 11 is 0. The zero-order chi connectivity index (χ0) is 18.8. The van der Waals surface area contributed by atoms with Gasteiger partial charge in [-0.05, 0) is 56.7 Å².